The molecule has 0 bridgehead atoms. The predicted octanol–water partition coefficient (Wildman–Crippen LogP) is -0.726. The van der Waals surface area contributed by atoms with Crippen LogP contribution in [-0.2, 0) is 14.3 Å². The van der Waals surface area contributed by atoms with Crippen molar-refractivity contribution in [2.45, 2.75) is 19.4 Å². The van der Waals surface area contributed by atoms with E-state index in [-0.39, 0.29) is 24.3 Å². The highest BCUT2D eigenvalue weighted by molar-refractivity contribution is 5.81. The van der Waals surface area contributed by atoms with Crippen molar-refractivity contribution in [3.05, 3.63) is 0 Å². The Hall–Kier alpha value is -1.10. The summed E-state index contributed by atoms with van der Waals surface area (Å²) in [5.74, 6) is -0.441. The summed E-state index contributed by atoms with van der Waals surface area (Å²) in [4.78, 5) is 21.8. The zero-order valence-corrected chi connectivity index (χ0v) is 8.22. The predicted molar refractivity (Wildman–Crippen MR) is 48.2 cm³/mol. The zero-order valence-electron chi connectivity index (χ0n) is 8.22. The maximum Gasteiger partial charge on any atom is 0.307 e. The molecule has 2 N–H and O–H groups in total. The van der Waals surface area contributed by atoms with Gasteiger partial charge in [0.2, 0.25) is 5.91 Å². The normalized spacial score (nSPS) is 11.9. The molecule has 1 atom stereocenters. The van der Waals surface area contributed by atoms with Crippen LogP contribution in [0.15, 0.2) is 0 Å². The van der Waals surface area contributed by atoms with E-state index < -0.39 is 0 Å². The number of carbonyl (C=O) groups excluding carboxylic acids is 2. The van der Waals surface area contributed by atoms with Crippen LogP contribution in [0.2, 0.25) is 0 Å². The van der Waals surface area contributed by atoms with Crippen LogP contribution in [0.1, 0.15) is 13.3 Å². The Kier molecular flexibility index (Phi) is 5.88. The summed E-state index contributed by atoms with van der Waals surface area (Å²) in [6.07, 6.45) is 0.207. The molecule has 5 heteroatoms. The molecular formula is C8H16N2O3. The molecule has 0 heterocycles. The van der Waals surface area contributed by atoms with E-state index in [9.17, 15) is 9.59 Å². The van der Waals surface area contributed by atoms with Crippen molar-refractivity contribution in [2.75, 3.05) is 20.7 Å². The lowest BCUT2D eigenvalue weighted by Crippen LogP contribution is -2.41. The molecule has 0 saturated heterocycles. The van der Waals surface area contributed by atoms with Gasteiger partial charge in [-0.1, -0.05) is 0 Å². The Morgan fingerprint density at radius 3 is 2.54 bits per heavy atom. The third-order valence-corrected chi connectivity index (χ3v) is 1.68. The van der Waals surface area contributed by atoms with Gasteiger partial charge in [0.05, 0.1) is 19.6 Å². The first-order valence-electron chi connectivity index (χ1n) is 4.13. The molecule has 0 saturated carbocycles. The van der Waals surface area contributed by atoms with Gasteiger partial charge < -0.3 is 15.4 Å². The summed E-state index contributed by atoms with van der Waals surface area (Å²) in [5.41, 5.74) is 0. The van der Waals surface area contributed by atoms with Gasteiger partial charge in [-0.25, -0.2) is 0 Å². The first kappa shape index (κ1) is 11.9. The standard InChI is InChI=1S/C8H16N2O3/c1-6(9-2)8(12)10-5-4-7(11)13-3/h6,9H,4-5H2,1-3H3,(H,10,12). The summed E-state index contributed by atoms with van der Waals surface area (Å²) >= 11 is 0. The highest BCUT2D eigenvalue weighted by Crippen LogP contribution is 1.83. The zero-order chi connectivity index (χ0) is 10.3. The van der Waals surface area contributed by atoms with Crippen molar-refractivity contribution in [1.29, 1.82) is 0 Å². The fourth-order valence-electron chi connectivity index (χ4n) is 0.674. The fraction of sp³-hybridized carbons (Fsp3) is 0.750. The van der Waals surface area contributed by atoms with E-state index in [1.54, 1.807) is 14.0 Å². The van der Waals surface area contributed by atoms with Crippen molar-refractivity contribution in [2.24, 2.45) is 0 Å². The summed E-state index contributed by atoms with van der Waals surface area (Å²) in [6, 6.07) is -0.238. The van der Waals surface area contributed by atoms with E-state index in [4.69, 9.17) is 0 Å². The topological polar surface area (TPSA) is 67.4 Å². The minimum absolute atomic E-state index is 0.119. The molecule has 0 aromatic rings. The summed E-state index contributed by atoms with van der Waals surface area (Å²) in [5, 5.41) is 5.38. The smallest absolute Gasteiger partial charge is 0.307 e. The Bertz CT molecular complexity index is 182. The van der Waals surface area contributed by atoms with Gasteiger partial charge >= 0.3 is 5.97 Å². The number of methoxy groups -OCH3 is 1. The van der Waals surface area contributed by atoms with E-state index >= 15 is 0 Å². The van der Waals surface area contributed by atoms with Crippen molar-refractivity contribution >= 4 is 11.9 Å². The van der Waals surface area contributed by atoms with Gasteiger partial charge in [-0.15, -0.1) is 0 Å². The lowest BCUT2D eigenvalue weighted by molar-refractivity contribution is -0.140. The monoisotopic (exact) mass is 188 g/mol. The molecule has 0 aliphatic heterocycles. The number of esters is 1. The van der Waals surface area contributed by atoms with Gasteiger partial charge in [0.25, 0.3) is 0 Å². The van der Waals surface area contributed by atoms with Crippen LogP contribution < -0.4 is 10.6 Å². The van der Waals surface area contributed by atoms with Gasteiger partial charge in [-0.3, -0.25) is 9.59 Å². The molecule has 0 aromatic carbocycles. The van der Waals surface area contributed by atoms with E-state index in [0.29, 0.717) is 6.54 Å². The lowest BCUT2D eigenvalue weighted by Gasteiger charge is -2.09. The van der Waals surface area contributed by atoms with Gasteiger partial charge in [0.15, 0.2) is 0 Å². The van der Waals surface area contributed by atoms with Gasteiger partial charge in [0, 0.05) is 6.54 Å². The molecule has 0 aliphatic carbocycles. The molecule has 0 aromatic heterocycles. The second-order valence-electron chi connectivity index (χ2n) is 2.63. The third-order valence-electron chi connectivity index (χ3n) is 1.68. The molecule has 76 valence electrons. The number of amides is 1. The Balaban J connectivity index is 3.53. The van der Waals surface area contributed by atoms with Crippen LogP contribution >= 0.6 is 0 Å². The maximum atomic E-state index is 11.1. The van der Waals surface area contributed by atoms with E-state index in [1.165, 1.54) is 7.11 Å². The lowest BCUT2D eigenvalue weighted by atomic mass is 10.3. The van der Waals surface area contributed by atoms with Crippen LogP contribution in [0.25, 0.3) is 0 Å². The molecular weight excluding hydrogens is 172 g/mol. The number of nitrogens with one attached hydrogen (secondary N) is 2. The quantitative estimate of drug-likeness (QED) is 0.558. The van der Waals surface area contributed by atoms with Crippen molar-refractivity contribution < 1.29 is 14.3 Å². The van der Waals surface area contributed by atoms with Crippen molar-refractivity contribution in [3.8, 4) is 0 Å². The first-order chi connectivity index (χ1) is 6.11. The molecule has 0 aliphatic rings. The molecule has 0 rings (SSSR count). The Labute approximate surface area is 77.8 Å². The fourth-order valence-corrected chi connectivity index (χ4v) is 0.674. The van der Waals surface area contributed by atoms with Gasteiger partial charge in [-0.05, 0) is 14.0 Å². The molecule has 0 fully saturated rings. The summed E-state index contributed by atoms with van der Waals surface area (Å²) in [7, 11) is 3.02. The summed E-state index contributed by atoms with van der Waals surface area (Å²) < 4.78 is 4.41. The van der Waals surface area contributed by atoms with E-state index in [2.05, 4.69) is 15.4 Å². The second-order valence-corrected chi connectivity index (χ2v) is 2.63. The van der Waals surface area contributed by atoms with Crippen LogP contribution in [0.4, 0.5) is 0 Å². The highest BCUT2D eigenvalue weighted by Gasteiger charge is 2.09. The van der Waals surface area contributed by atoms with Gasteiger partial charge in [-0.2, -0.15) is 0 Å². The van der Waals surface area contributed by atoms with Crippen LogP contribution in [-0.4, -0.2) is 38.6 Å². The van der Waals surface area contributed by atoms with Crippen LogP contribution in [0, 0.1) is 0 Å². The Morgan fingerprint density at radius 2 is 2.08 bits per heavy atom. The maximum absolute atomic E-state index is 11.1. The number of hydrogen-bond donors (Lipinski definition) is 2. The van der Waals surface area contributed by atoms with Crippen molar-refractivity contribution in [3.63, 3.8) is 0 Å². The average Bonchev–Trinajstić information content (AvgIpc) is 2.15. The molecule has 0 radical (unpaired) electrons. The SMILES string of the molecule is CNC(C)C(=O)NCCC(=O)OC. The third kappa shape index (κ3) is 5.19. The van der Waals surface area contributed by atoms with Crippen LogP contribution in [0.3, 0.4) is 0 Å². The number of rotatable bonds is 5. The van der Waals surface area contributed by atoms with Crippen LogP contribution in [0.5, 0.6) is 0 Å². The highest BCUT2D eigenvalue weighted by atomic mass is 16.5. The average molecular weight is 188 g/mol. The van der Waals surface area contributed by atoms with E-state index in [1.807, 2.05) is 0 Å². The number of ether oxygens (including phenoxy) is 1. The van der Waals surface area contributed by atoms with E-state index in [0.717, 1.165) is 0 Å². The minimum atomic E-state index is -0.322. The number of carbonyl (C=O) groups is 2. The molecule has 5 nitrogen and oxygen atoms in total. The molecule has 1 unspecified atom stereocenters. The number of likely N-dealkylation sites (N-methyl/N-ethyl adjacent to an activating group) is 1. The largest absolute Gasteiger partial charge is 0.469 e. The van der Waals surface area contributed by atoms with Crippen molar-refractivity contribution in [1.82, 2.24) is 10.6 Å². The molecule has 0 spiro atoms. The number of hydrogen-bond acceptors (Lipinski definition) is 4. The first-order valence-corrected chi connectivity index (χ1v) is 4.13. The molecule has 1 amide bonds. The second kappa shape index (κ2) is 6.42. The summed E-state index contributed by atoms with van der Waals surface area (Å²) in [6.45, 7) is 2.06. The Morgan fingerprint density at radius 1 is 1.46 bits per heavy atom. The molecule has 13 heavy (non-hydrogen) atoms. The van der Waals surface area contributed by atoms with Gasteiger partial charge in [0.1, 0.15) is 0 Å². The minimum Gasteiger partial charge on any atom is -0.469 e.